The van der Waals surface area contributed by atoms with Crippen LogP contribution in [0.4, 0.5) is 13.2 Å². The van der Waals surface area contributed by atoms with Gasteiger partial charge in [-0.3, -0.25) is 4.79 Å². The number of nitrogens with zero attached hydrogens (tertiary/aromatic N) is 4. The number of halogens is 3. The van der Waals surface area contributed by atoms with Gasteiger partial charge in [0.15, 0.2) is 0 Å². The highest BCUT2D eigenvalue weighted by Gasteiger charge is 2.28. The molecule has 1 amide bonds. The van der Waals surface area contributed by atoms with Crippen molar-refractivity contribution >= 4 is 23.4 Å². The largest absolute Gasteiger partial charge is 0.405 e. The molecule has 0 bridgehead atoms. The summed E-state index contributed by atoms with van der Waals surface area (Å²) in [6, 6.07) is 0. The van der Waals surface area contributed by atoms with Crippen LogP contribution in [0, 0.1) is 13.8 Å². The van der Waals surface area contributed by atoms with E-state index in [1.807, 2.05) is 11.6 Å². The quantitative estimate of drug-likeness (QED) is 0.862. The van der Waals surface area contributed by atoms with Gasteiger partial charge >= 0.3 is 6.18 Å². The van der Waals surface area contributed by atoms with E-state index in [1.165, 1.54) is 16.3 Å². The lowest BCUT2D eigenvalue weighted by Crippen LogP contribution is -2.35. The first-order valence-corrected chi connectivity index (χ1v) is 7.54. The van der Waals surface area contributed by atoms with Crippen LogP contribution >= 0.6 is 11.8 Å². The molecule has 0 aromatic carbocycles. The van der Waals surface area contributed by atoms with Crippen LogP contribution in [-0.4, -0.2) is 44.5 Å². The van der Waals surface area contributed by atoms with E-state index >= 15 is 0 Å². The highest BCUT2D eigenvalue weighted by molar-refractivity contribution is 7.98. The average Bonchev–Trinajstić information content (AvgIpc) is 2.83. The minimum atomic E-state index is -4.43. The van der Waals surface area contributed by atoms with Gasteiger partial charge in [-0.05, 0) is 20.1 Å². The van der Waals surface area contributed by atoms with Crippen molar-refractivity contribution in [1.82, 2.24) is 24.9 Å². The number of nitrogens with one attached hydrogen (secondary N) is 1. The number of hydrogen-bond donors (Lipinski definition) is 1. The molecule has 120 valence electrons. The van der Waals surface area contributed by atoms with E-state index in [0.29, 0.717) is 27.9 Å². The molecule has 2 aromatic heterocycles. The molecule has 2 rings (SSSR count). The minimum Gasteiger partial charge on any atom is -0.347 e. The first-order chi connectivity index (χ1) is 10.2. The van der Waals surface area contributed by atoms with Crippen LogP contribution in [0.2, 0.25) is 0 Å². The molecule has 0 unspecified atom stereocenters. The molecule has 0 aliphatic carbocycles. The van der Waals surface area contributed by atoms with Gasteiger partial charge < -0.3 is 5.32 Å². The van der Waals surface area contributed by atoms with Crippen molar-refractivity contribution in [2.45, 2.75) is 31.6 Å². The summed E-state index contributed by atoms with van der Waals surface area (Å²) in [5, 5.41) is 6.60. The summed E-state index contributed by atoms with van der Waals surface area (Å²) >= 11 is 1.35. The second kappa shape index (κ2) is 6.11. The van der Waals surface area contributed by atoms with Crippen molar-refractivity contribution in [3.8, 4) is 0 Å². The third-order valence-electron chi connectivity index (χ3n) is 3.04. The SMILES string of the molecule is CSc1nc2nc(C)c(CC(=O)NCC(F)(F)F)c(C)n2n1. The Hall–Kier alpha value is -1.84. The van der Waals surface area contributed by atoms with E-state index < -0.39 is 18.6 Å². The number of hydrogen-bond acceptors (Lipinski definition) is 5. The molecular formula is C12H14F3N5OS. The molecule has 10 heteroatoms. The number of alkyl halides is 3. The number of fused-ring (bicyclic) bond motifs is 1. The maximum atomic E-state index is 12.1. The Bertz CT molecular complexity index is 713. The van der Waals surface area contributed by atoms with Gasteiger partial charge in [0.05, 0.1) is 6.42 Å². The summed E-state index contributed by atoms with van der Waals surface area (Å²) in [6.45, 7) is 2.07. The molecule has 0 spiro atoms. The van der Waals surface area contributed by atoms with Crippen LogP contribution < -0.4 is 5.32 Å². The molecular weight excluding hydrogens is 319 g/mol. The average molecular weight is 333 g/mol. The van der Waals surface area contributed by atoms with Gasteiger partial charge in [-0.25, -0.2) is 9.50 Å². The van der Waals surface area contributed by atoms with Crippen LogP contribution in [0.5, 0.6) is 0 Å². The van der Waals surface area contributed by atoms with E-state index in [0.717, 1.165) is 0 Å². The number of aryl methyl sites for hydroxylation is 2. The number of aromatic nitrogens is 4. The standard InChI is InChI=1S/C12H14F3N5OS/c1-6-8(4-9(21)16-5-12(13,14)15)7(2)20-10(17-6)18-11(19-20)22-3/h4-5H2,1-3H3,(H,16,21). The fraction of sp³-hybridized carbons (Fsp3) is 0.500. The maximum Gasteiger partial charge on any atom is 0.405 e. The highest BCUT2D eigenvalue weighted by atomic mass is 32.2. The number of thioether (sulfide) groups is 1. The molecule has 0 aliphatic heterocycles. The Labute approximate surface area is 128 Å². The molecule has 0 radical (unpaired) electrons. The molecule has 6 nitrogen and oxygen atoms in total. The summed E-state index contributed by atoms with van der Waals surface area (Å²) in [4.78, 5) is 20.1. The third kappa shape index (κ3) is 3.67. The summed E-state index contributed by atoms with van der Waals surface area (Å²) in [6.07, 6.45) is -2.80. The van der Waals surface area contributed by atoms with E-state index in [9.17, 15) is 18.0 Å². The molecule has 0 atom stereocenters. The van der Waals surface area contributed by atoms with E-state index in [4.69, 9.17) is 0 Å². The Morgan fingerprint density at radius 3 is 2.59 bits per heavy atom. The predicted octanol–water partition coefficient (Wildman–Crippen LogP) is 1.68. The Morgan fingerprint density at radius 2 is 2.00 bits per heavy atom. The van der Waals surface area contributed by atoms with Crippen LogP contribution in [-0.2, 0) is 11.2 Å². The fourth-order valence-corrected chi connectivity index (χ4v) is 2.29. The predicted molar refractivity (Wildman–Crippen MR) is 74.8 cm³/mol. The topological polar surface area (TPSA) is 72.2 Å². The van der Waals surface area contributed by atoms with Crippen molar-refractivity contribution in [1.29, 1.82) is 0 Å². The van der Waals surface area contributed by atoms with Crippen molar-refractivity contribution in [3.63, 3.8) is 0 Å². The number of carbonyl (C=O) groups is 1. The summed E-state index contributed by atoms with van der Waals surface area (Å²) < 4.78 is 37.8. The van der Waals surface area contributed by atoms with Gasteiger partial charge in [-0.1, -0.05) is 11.8 Å². The number of rotatable bonds is 4. The zero-order valence-electron chi connectivity index (χ0n) is 12.2. The van der Waals surface area contributed by atoms with Crippen LogP contribution in [0.25, 0.3) is 5.78 Å². The second-order valence-corrected chi connectivity index (χ2v) is 5.41. The zero-order valence-corrected chi connectivity index (χ0v) is 13.0. The molecule has 0 saturated carbocycles. The summed E-state index contributed by atoms with van der Waals surface area (Å²) in [5.41, 5.74) is 1.73. The Morgan fingerprint density at radius 1 is 1.32 bits per heavy atom. The zero-order chi connectivity index (χ0) is 16.5. The lowest BCUT2D eigenvalue weighted by Gasteiger charge is -2.11. The van der Waals surface area contributed by atoms with Crippen molar-refractivity contribution in [2.75, 3.05) is 12.8 Å². The molecule has 2 heterocycles. The van der Waals surface area contributed by atoms with Crippen LogP contribution in [0.3, 0.4) is 0 Å². The Kier molecular flexibility index (Phi) is 4.59. The molecule has 0 fully saturated rings. The van der Waals surface area contributed by atoms with Gasteiger partial charge in [0.1, 0.15) is 6.54 Å². The smallest absolute Gasteiger partial charge is 0.347 e. The van der Waals surface area contributed by atoms with Gasteiger partial charge in [-0.2, -0.15) is 18.2 Å². The normalized spacial score (nSPS) is 11.9. The lowest BCUT2D eigenvalue weighted by molar-refractivity contribution is -0.138. The van der Waals surface area contributed by atoms with E-state index in [-0.39, 0.29) is 6.42 Å². The molecule has 2 aromatic rings. The molecule has 1 N–H and O–H groups in total. The second-order valence-electron chi connectivity index (χ2n) is 4.64. The molecule has 0 saturated heterocycles. The van der Waals surface area contributed by atoms with Crippen molar-refractivity contribution in [3.05, 3.63) is 17.0 Å². The summed E-state index contributed by atoms with van der Waals surface area (Å²) in [7, 11) is 0. The molecule has 0 aliphatic rings. The number of carbonyl (C=O) groups excluding carboxylic acids is 1. The number of amides is 1. The van der Waals surface area contributed by atoms with Crippen molar-refractivity contribution in [2.24, 2.45) is 0 Å². The lowest BCUT2D eigenvalue weighted by atomic mass is 10.1. The first-order valence-electron chi connectivity index (χ1n) is 6.31. The highest BCUT2D eigenvalue weighted by Crippen LogP contribution is 2.17. The monoisotopic (exact) mass is 333 g/mol. The van der Waals surface area contributed by atoms with Crippen LogP contribution in [0.15, 0.2) is 5.16 Å². The van der Waals surface area contributed by atoms with Crippen LogP contribution in [0.1, 0.15) is 17.0 Å². The van der Waals surface area contributed by atoms with Crippen molar-refractivity contribution < 1.29 is 18.0 Å². The van der Waals surface area contributed by atoms with Gasteiger partial charge in [0.2, 0.25) is 11.1 Å². The van der Waals surface area contributed by atoms with Gasteiger partial charge in [0, 0.05) is 17.0 Å². The van der Waals surface area contributed by atoms with Gasteiger partial charge in [-0.15, -0.1) is 5.10 Å². The summed E-state index contributed by atoms with van der Waals surface area (Å²) in [5.74, 6) is -0.311. The van der Waals surface area contributed by atoms with Gasteiger partial charge in [0.25, 0.3) is 5.78 Å². The first kappa shape index (κ1) is 16.5. The minimum absolute atomic E-state index is 0.189. The van der Waals surface area contributed by atoms with E-state index in [1.54, 1.807) is 13.8 Å². The maximum absolute atomic E-state index is 12.1. The fourth-order valence-electron chi connectivity index (χ4n) is 1.95. The third-order valence-corrected chi connectivity index (χ3v) is 3.57. The van der Waals surface area contributed by atoms with E-state index in [2.05, 4.69) is 15.1 Å². The Balaban J connectivity index is 2.25. The molecule has 22 heavy (non-hydrogen) atoms.